The lowest BCUT2D eigenvalue weighted by atomic mass is 10.2. The number of nitrogens with zero attached hydrogens (tertiary/aromatic N) is 1. The van der Waals surface area contributed by atoms with Crippen molar-refractivity contribution in [2.45, 2.75) is 19.7 Å². The fourth-order valence-corrected chi connectivity index (χ4v) is 1.13. The van der Waals surface area contributed by atoms with Gasteiger partial charge in [0.2, 0.25) is 0 Å². The third-order valence-corrected chi connectivity index (χ3v) is 1.80. The second-order valence-electron chi connectivity index (χ2n) is 3.18. The van der Waals surface area contributed by atoms with Crippen LogP contribution in [-0.4, -0.2) is 27.5 Å². The maximum Gasteiger partial charge on any atom is 0.573 e. The van der Waals surface area contributed by atoms with E-state index in [1.165, 1.54) is 6.92 Å². The number of hydrogen-bond donors (Lipinski definition) is 2. The van der Waals surface area contributed by atoms with Gasteiger partial charge in [0.05, 0.1) is 12.1 Å². The summed E-state index contributed by atoms with van der Waals surface area (Å²) in [7, 11) is 0. The van der Waals surface area contributed by atoms with E-state index in [1.54, 1.807) is 0 Å². The molecule has 0 atom stereocenters. The van der Waals surface area contributed by atoms with Crippen molar-refractivity contribution in [1.82, 2.24) is 4.98 Å². The molecule has 1 heterocycles. The Kier molecular flexibility index (Phi) is 3.45. The second-order valence-corrected chi connectivity index (χ2v) is 3.18. The van der Waals surface area contributed by atoms with Gasteiger partial charge < -0.3 is 14.9 Å². The minimum atomic E-state index is -4.97. The fraction of sp³-hybridized carbons (Fsp3) is 0.333. The highest BCUT2D eigenvalue weighted by atomic mass is 19.4. The monoisotopic (exact) mass is 251 g/mol. The van der Waals surface area contributed by atoms with Crippen molar-refractivity contribution in [2.24, 2.45) is 0 Å². The zero-order chi connectivity index (χ0) is 13.2. The first kappa shape index (κ1) is 13.1. The maximum absolute atomic E-state index is 12.0. The Balaban J connectivity index is 3.15. The number of carboxylic acids is 1. The number of carboxylic acid groups (broad SMARTS) is 1. The largest absolute Gasteiger partial charge is 0.573 e. The van der Waals surface area contributed by atoms with Crippen LogP contribution in [0.4, 0.5) is 13.2 Å². The standard InChI is InChI=1S/C9H8F3NO4/c1-4-3-13-5(2-6(14)15)7(16)8(4)17-9(10,11)12/h3,16H,2H2,1H3,(H,14,15). The van der Waals surface area contributed by atoms with Gasteiger partial charge in [0.1, 0.15) is 0 Å². The molecule has 0 saturated carbocycles. The second kappa shape index (κ2) is 4.48. The molecule has 5 nitrogen and oxygen atoms in total. The van der Waals surface area contributed by atoms with Gasteiger partial charge in [0.25, 0.3) is 0 Å². The van der Waals surface area contributed by atoms with Gasteiger partial charge in [-0.15, -0.1) is 13.2 Å². The summed E-state index contributed by atoms with van der Waals surface area (Å²) in [6, 6.07) is 0. The summed E-state index contributed by atoms with van der Waals surface area (Å²) >= 11 is 0. The first-order chi connectivity index (χ1) is 7.70. The van der Waals surface area contributed by atoms with E-state index in [1.807, 2.05) is 0 Å². The van der Waals surface area contributed by atoms with Crippen LogP contribution in [0.25, 0.3) is 0 Å². The van der Waals surface area contributed by atoms with Crippen LogP contribution in [0.15, 0.2) is 6.20 Å². The molecule has 0 aliphatic rings. The first-order valence-electron chi connectivity index (χ1n) is 4.35. The highest BCUT2D eigenvalue weighted by molar-refractivity contribution is 5.71. The predicted molar refractivity (Wildman–Crippen MR) is 48.7 cm³/mol. The Morgan fingerprint density at radius 2 is 2.12 bits per heavy atom. The SMILES string of the molecule is Cc1cnc(CC(=O)O)c(O)c1OC(F)(F)F. The molecule has 0 saturated heterocycles. The number of hydrogen-bond acceptors (Lipinski definition) is 4. The molecule has 0 bridgehead atoms. The average Bonchev–Trinajstić information content (AvgIpc) is 2.15. The quantitative estimate of drug-likeness (QED) is 0.853. The van der Waals surface area contributed by atoms with Gasteiger partial charge in [-0.25, -0.2) is 0 Å². The van der Waals surface area contributed by atoms with Crippen LogP contribution >= 0.6 is 0 Å². The molecule has 0 radical (unpaired) electrons. The number of aromatic hydroxyl groups is 1. The van der Waals surface area contributed by atoms with Crippen LogP contribution in [0.2, 0.25) is 0 Å². The van der Waals surface area contributed by atoms with Gasteiger partial charge in [-0.2, -0.15) is 0 Å². The lowest BCUT2D eigenvalue weighted by Gasteiger charge is -2.13. The van der Waals surface area contributed by atoms with Crippen LogP contribution in [0.1, 0.15) is 11.3 Å². The van der Waals surface area contributed by atoms with Crippen molar-refractivity contribution in [3.05, 3.63) is 17.5 Å². The predicted octanol–water partition coefficient (Wildman–Crippen LogP) is 1.62. The molecular formula is C9H8F3NO4. The normalized spacial score (nSPS) is 11.3. The van der Waals surface area contributed by atoms with Crippen LogP contribution < -0.4 is 4.74 Å². The number of halogens is 3. The molecule has 0 fully saturated rings. The highest BCUT2D eigenvalue weighted by Gasteiger charge is 2.34. The molecule has 0 spiro atoms. The number of aryl methyl sites for hydroxylation is 1. The van der Waals surface area contributed by atoms with E-state index in [4.69, 9.17) is 5.11 Å². The molecular weight excluding hydrogens is 243 g/mol. The molecule has 0 aliphatic heterocycles. The zero-order valence-electron chi connectivity index (χ0n) is 8.58. The molecule has 94 valence electrons. The number of rotatable bonds is 3. The molecule has 0 aliphatic carbocycles. The van der Waals surface area contributed by atoms with E-state index in [-0.39, 0.29) is 11.3 Å². The molecule has 1 aromatic rings. The molecule has 0 unspecified atom stereocenters. The van der Waals surface area contributed by atoms with Crippen LogP contribution in [-0.2, 0) is 11.2 Å². The highest BCUT2D eigenvalue weighted by Crippen LogP contribution is 2.36. The van der Waals surface area contributed by atoms with Gasteiger partial charge in [-0.3, -0.25) is 9.78 Å². The number of alkyl halides is 3. The Labute approximate surface area is 93.5 Å². The summed E-state index contributed by atoms with van der Waals surface area (Å²) in [5.74, 6) is -3.07. The first-order valence-corrected chi connectivity index (χ1v) is 4.35. The van der Waals surface area contributed by atoms with Crippen LogP contribution in [0.3, 0.4) is 0 Å². The Morgan fingerprint density at radius 1 is 1.53 bits per heavy atom. The van der Waals surface area contributed by atoms with Crippen molar-refractivity contribution in [3.63, 3.8) is 0 Å². The van der Waals surface area contributed by atoms with E-state index in [2.05, 4.69) is 9.72 Å². The van der Waals surface area contributed by atoms with E-state index in [0.29, 0.717) is 0 Å². The molecule has 2 N–H and O–H groups in total. The van der Waals surface area contributed by atoms with Gasteiger partial charge in [0, 0.05) is 11.8 Å². The lowest BCUT2D eigenvalue weighted by Crippen LogP contribution is -2.18. The van der Waals surface area contributed by atoms with E-state index in [0.717, 1.165) is 6.20 Å². The van der Waals surface area contributed by atoms with Crippen LogP contribution in [0, 0.1) is 6.92 Å². The minimum absolute atomic E-state index is 0.0473. The molecule has 1 rings (SSSR count). The third kappa shape index (κ3) is 3.51. The Hall–Kier alpha value is -1.99. The zero-order valence-corrected chi connectivity index (χ0v) is 8.58. The lowest BCUT2D eigenvalue weighted by molar-refractivity contribution is -0.275. The number of aromatic nitrogens is 1. The number of pyridine rings is 1. The Morgan fingerprint density at radius 3 is 2.59 bits per heavy atom. The van der Waals surface area contributed by atoms with Crippen molar-refractivity contribution >= 4 is 5.97 Å². The van der Waals surface area contributed by atoms with Gasteiger partial charge in [-0.1, -0.05) is 0 Å². The van der Waals surface area contributed by atoms with Gasteiger partial charge in [0.15, 0.2) is 11.5 Å². The average molecular weight is 251 g/mol. The maximum atomic E-state index is 12.0. The molecule has 1 aromatic heterocycles. The van der Waals surface area contributed by atoms with Crippen molar-refractivity contribution < 1.29 is 32.9 Å². The Bertz CT molecular complexity index is 445. The molecule has 8 heteroatoms. The summed E-state index contributed by atoms with van der Waals surface area (Å²) in [5.41, 5.74) is -0.434. The van der Waals surface area contributed by atoms with Gasteiger partial charge >= 0.3 is 12.3 Å². The van der Waals surface area contributed by atoms with Crippen LogP contribution in [0.5, 0.6) is 11.5 Å². The number of aliphatic carboxylic acids is 1. The minimum Gasteiger partial charge on any atom is -0.503 e. The topological polar surface area (TPSA) is 79.7 Å². The van der Waals surface area contributed by atoms with Crippen molar-refractivity contribution in [3.8, 4) is 11.5 Å². The summed E-state index contributed by atoms with van der Waals surface area (Å²) in [6.45, 7) is 1.25. The summed E-state index contributed by atoms with van der Waals surface area (Å²) in [6.07, 6.45) is -4.66. The van der Waals surface area contributed by atoms with E-state index in [9.17, 15) is 23.1 Å². The van der Waals surface area contributed by atoms with Crippen molar-refractivity contribution in [2.75, 3.05) is 0 Å². The summed E-state index contributed by atoms with van der Waals surface area (Å²) in [5, 5.41) is 17.9. The fourth-order valence-electron chi connectivity index (χ4n) is 1.13. The van der Waals surface area contributed by atoms with Gasteiger partial charge in [-0.05, 0) is 6.92 Å². The smallest absolute Gasteiger partial charge is 0.503 e. The summed E-state index contributed by atoms with van der Waals surface area (Å²) < 4.78 is 39.7. The number of carbonyl (C=O) groups is 1. The number of ether oxygens (including phenoxy) is 1. The molecule has 17 heavy (non-hydrogen) atoms. The summed E-state index contributed by atoms with van der Waals surface area (Å²) in [4.78, 5) is 13.9. The molecule has 0 aromatic carbocycles. The third-order valence-electron chi connectivity index (χ3n) is 1.80. The molecule has 0 amide bonds. The van der Waals surface area contributed by atoms with Crippen molar-refractivity contribution in [1.29, 1.82) is 0 Å². The van der Waals surface area contributed by atoms with E-state index >= 15 is 0 Å². The van der Waals surface area contributed by atoms with E-state index < -0.39 is 30.3 Å².